The Hall–Kier alpha value is -0.970. The van der Waals surface area contributed by atoms with Gasteiger partial charge in [0.1, 0.15) is 0 Å². The van der Waals surface area contributed by atoms with Crippen LogP contribution in [0.1, 0.15) is 12.5 Å². The van der Waals surface area contributed by atoms with Crippen molar-refractivity contribution in [3.8, 4) is 0 Å². The standard InChI is InChI=1S/C13H21N3O/c1-2-16-7-8-17-13(11-16)10-15-9-12-3-5-14-6-4-12/h3-6,13,15H,2,7-11H2,1H3. The third kappa shape index (κ3) is 4.07. The normalized spacial score (nSPS) is 21.6. The first kappa shape index (κ1) is 12.5. The van der Waals surface area contributed by atoms with Crippen LogP contribution in [0.15, 0.2) is 24.5 Å². The van der Waals surface area contributed by atoms with Crippen LogP contribution in [-0.2, 0) is 11.3 Å². The molecule has 94 valence electrons. The lowest BCUT2D eigenvalue weighted by molar-refractivity contribution is -0.0253. The van der Waals surface area contributed by atoms with Gasteiger partial charge in [-0.05, 0) is 24.2 Å². The molecule has 2 heterocycles. The maximum Gasteiger partial charge on any atom is 0.0826 e. The van der Waals surface area contributed by atoms with E-state index >= 15 is 0 Å². The fourth-order valence-electron chi connectivity index (χ4n) is 2.07. The van der Waals surface area contributed by atoms with Gasteiger partial charge in [0.15, 0.2) is 0 Å². The summed E-state index contributed by atoms with van der Waals surface area (Å²) in [6, 6.07) is 4.07. The van der Waals surface area contributed by atoms with Crippen LogP contribution in [0.5, 0.6) is 0 Å². The van der Waals surface area contributed by atoms with Crippen LogP contribution >= 0.6 is 0 Å². The maximum atomic E-state index is 5.73. The molecule has 0 spiro atoms. The maximum absolute atomic E-state index is 5.73. The molecule has 17 heavy (non-hydrogen) atoms. The number of rotatable bonds is 5. The number of pyridine rings is 1. The van der Waals surface area contributed by atoms with Crippen LogP contribution < -0.4 is 5.32 Å². The molecule has 1 aromatic rings. The Bertz CT molecular complexity index is 318. The molecule has 0 saturated carbocycles. The third-order valence-corrected chi connectivity index (χ3v) is 3.12. The second-order valence-electron chi connectivity index (χ2n) is 4.37. The van der Waals surface area contributed by atoms with Gasteiger partial charge in [0, 0.05) is 38.6 Å². The number of hydrogen-bond acceptors (Lipinski definition) is 4. The van der Waals surface area contributed by atoms with Gasteiger partial charge in [-0.2, -0.15) is 0 Å². The molecule has 0 amide bonds. The molecule has 1 aliphatic heterocycles. The highest BCUT2D eigenvalue weighted by atomic mass is 16.5. The lowest BCUT2D eigenvalue weighted by atomic mass is 10.2. The minimum absolute atomic E-state index is 0.325. The quantitative estimate of drug-likeness (QED) is 0.822. The highest BCUT2D eigenvalue weighted by Gasteiger charge is 2.18. The number of nitrogens with zero attached hydrogens (tertiary/aromatic N) is 2. The average molecular weight is 235 g/mol. The summed E-state index contributed by atoms with van der Waals surface area (Å²) in [5, 5.41) is 3.44. The Kier molecular flexibility index (Phi) is 4.91. The molecule has 1 aromatic heterocycles. The van der Waals surface area contributed by atoms with E-state index in [1.165, 1.54) is 5.56 Å². The van der Waals surface area contributed by atoms with E-state index in [0.717, 1.165) is 39.3 Å². The Balaban J connectivity index is 1.68. The van der Waals surface area contributed by atoms with E-state index in [2.05, 4.69) is 22.1 Å². The van der Waals surface area contributed by atoms with Crippen LogP contribution in [0.25, 0.3) is 0 Å². The largest absolute Gasteiger partial charge is 0.374 e. The molecule has 1 atom stereocenters. The van der Waals surface area contributed by atoms with Gasteiger partial charge < -0.3 is 10.1 Å². The van der Waals surface area contributed by atoms with Crippen molar-refractivity contribution in [1.82, 2.24) is 15.2 Å². The summed E-state index contributed by atoms with van der Waals surface area (Å²) in [6.07, 6.45) is 3.98. The molecule has 4 heteroatoms. The number of morpholine rings is 1. The van der Waals surface area contributed by atoms with Crippen molar-refractivity contribution in [3.05, 3.63) is 30.1 Å². The van der Waals surface area contributed by atoms with Crippen molar-refractivity contribution in [2.24, 2.45) is 0 Å². The highest BCUT2D eigenvalue weighted by molar-refractivity contribution is 5.08. The van der Waals surface area contributed by atoms with E-state index in [4.69, 9.17) is 4.74 Å². The second kappa shape index (κ2) is 6.69. The van der Waals surface area contributed by atoms with Gasteiger partial charge in [-0.15, -0.1) is 0 Å². The lowest BCUT2D eigenvalue weighted by Crippen LogP contribution is -2.46. The van der Waals surface area contributed by atoms with Crippen molar-refractivity contribution in [2.75, 3.05) is 32.8 Å². The smallest absolute Gasteiger partial charge is 0.0826 e. The molecule has 0 radical (unpaired) electrons. The zero-order valence-corrected chi connectivity index (χ0v) is 10.4. The fourth-order valence-corrected chi connectivity index (χ4v) is 2.07. The first-order valence-electron chi connectivity index (χ1n) is 6.32. The molecule has 1 unspecified atom stereocenters. The fraction of sp³-hybridized carbons (Fsp3) is 0.615. The van der Waals surface area contributed by atoms with Gasteiger partial charge in [0.25, 0.3) is 0 Å². The summed E-state index contributed by atoms with van der Waals surface area (Å²) in [5.41, 5.74) is 1.27. The first-order chi connectivity index (χ1) is 8.38. The molecule has 1 saturated heterocycles. The van der Waals surface area contributed by atoms with E-state index in [-0.39, 0.29) is 0 Å². The van der Waals surface area contributed by atoms with E-state index in [1.807, 2.05) is 24.5 Å². The van der Waals surface area contributed by atoms with Crippen LogP contribution in [0.2, 0.25) is 0 Å². The summed E-state index contributed by atoms with van der Waals surface area (Å²) in [5.74, 6) is 0. The molecule has 1 aliphatic rings. The first-order valence-corrected chi connectivity index (χ1v) is 6.32. The van der Waals surface area contributed by atoms with Gasteiger partial charge in [-0.1, -0.05) is 6.92 Å². The van der Waals surface area contributed by atoms with Gasteiger partial charge >= 0.3 is 0 Å². The molecule has 0 bridgehead atoms. The molecule has 0 aromatic carbocycles. The Morgan fingerprint density at radius 2 is 2.29 bits per heavy atom. The molecule has 2 rings (SSSR count). The summed E-state index contributed by atoms with van der Waals surface area (Å²) >= 11 is 0. The predicted octanol–water partition coefficient (Wildman–Crippen LogP) is 0.892. The molecule has 4 nitrogen and oxygen atoms in total. The Morgan fingerprint density at radius 3 is 3.06 bits per heavy atom. The van der Waals surface area contributed by atoms with E-state index < -0.39 is 0 Å². The third-order valence-electron chi connectivity index (χ3n) is 3.12. The van der Waals surface area contributed by atoms with Crippen molar-refractivity contribution >= 4 is 0 Å². The topological polar surface area (TPSA) is 37.4 Å². The van der Waals surface area contributed by atoms with Crippen molar-refractivity contribution < 1.29 is 4.74 Å². The van der Waals surface area contributed by atoms with E-state index in [1.54, 1.807) is 0 Å². The van der Waals surface area contributed by atoms with Crippen molar-refractivity contribution in [3.63, 3.8) is 0 Å². The Morgan fingerprint density at radius 1 is 1.47 bits per heavy atom. The van der Waals surface area contributed by atoms with Crippen LogP contribution in [0.4, 0.5) is 0 Å². The molecule has 1 N–H and O–H groups in total. The van der Waals surface area contributed by atoms with Crippen LogP contribution in [0.3, 0.4) is 0 Å². The number of hydrogen-bond donors (Lipinski definition) is 1. The van der Waals surface area contributed by atoms with Gasteiger partial charge in [0.2, 0.25) is 0 Å². The van der Waals surface area contributed by atoms with E-state index in [9.17, 15) is 0 Å². The predicted molar refractivity (Wildman–Crippen MR) is 67.8 cm³/mol. The Labute approximate surface area is 103 Å². The molecular weight excluding hydrogens is 214 g/mol. The number of likely N-dealkylation sites (N-methyl/N-ethyl adjacent to an activating group) is 1. The van der Waals surface area contributed by atoms with Crippen molar-refractivity contribution in [1.29, 1.82) is 0 Å². The van der Waals surface area contributed by atoms with E-state index in [0.29, 0.717) is 6.10 Å². The minimum Gasteiger partial charge on any atom is -0.374 e. The number of nitrogens with one attached hydrogen (secondary N) is 1. The molecule has 1 fully saturated rings. The zero-order valence-electron chi connectivity index (χ0n) is 10.4. The monoisotopic (exact) mass is 235 g/mol. The van der Waals surface area contributed by atoms with Gasteiger partial charge in [0.05, 0.1) is 12.7 Å². The van der Waals surface area contributed by atoms with Gasteiger partial charge in [-0.25, -0.2) is 0 Å². The van der Waals surface area contributed by atoms with Crippen LogP contribution in [0, 0.1) is 0 Å². The van der Waals surface area contributed by atoms with Gasteiger partial charge in [-0.3, -0.25) is 9.88 Å². The van der Waals surface area contributed by atoms with Crippen molar-refractivity contribution in [2.45, 2.75) is 19.6 Å². The summed E-state index contributed by atoms with van der Waals surface area (Å²) in [4.78, 5) is 6.44. The SMILES string of the molecule is CCN1CCOC(CNCc2ccncc2)C1. The second-order valence-corrected chi connectivity index (χ2v) is 4.37. The molecular formula is C13H21N3O. The summed E-state index contributed by atoms with van der Waals surface area (Å²) in [7, 11) is 0. The van der Waals surface area contributed by atoms with Crippen LogP contribution in [-0.4, -0.2) is 48.8 Å². The molecule has 0 aliphatic carbocycles. The number of aromatic nitrogens is 1. The summed E-state index contributed by atoms with van der Waals surface area (Å²) in [6.45, 7) is 8.08. The minimum atomic E-state index is 0.325. The number of ether oxygens (including phenoxy) is 1. The average Bonchev–Trinajstić information content (AvgIpc) is 2.40. The lowest BCUT2D eigenvalue weighted by Gasteiger charge is -2.32. The summed E-state index contributed by atoms with van der Waals surface area (Å²) < 4.78 is 5.73. The highest BCUT2D eigenvalue weighted by Crippen LogP contribution is 2.04. The zero-order chi connectivity index (χ0) is 11.9.